The fourth-order valence-corrected chi connectivity index (χ4v) is 1.48. The number of carbonyl (C=O) groups is 1. The van der Waals surface area contributed by atoms with Crippen LogP contribution in [0.4, 0.5) is 10.5 Å². The summed E-state index contributed by atoms with van der Waals surface area (Å²) in [5.41, 5.74) is 5.14. The number of nitrogens with one attached hydrogen (secondary N) is 2. The zero-order chi connectivity index (χ0) is 13.9. The molecule has 4 N–H and O–H groups in total. The van der Waals surface area contributed by atoms with Crippen molar-refractivity contribution >= 4 is 52.1 Å². The van der Waals surface area contributed by atoms with Crippen molar-refractivity contribution in [3.63, 3.8) is 0 Å². The highest BCUT2D eigenvalue weighted by molar-refractivity contribution is 7.80. The predicted molar refractivity (Wildman–Crippen MR) is 79.5 cm³/mol. The van der Waals surface area contributed by atoms with Crippen LogP contribution in [0.1, 0.15) is 13.8 Å². The Balaban J connectivity index is 2.77. The molecule has 1 rings (SSSR count). The van der Waals surface area contributed by atoms with Gasteiger partial charge in [-0.3, -0.25) is 0 Å². The Kier molecular flexibility index (Phi) is 4.78. The molecule has 0 spiro atoms. The van der Waals surface area contributed by atoms with E-state index in [2.05, 4.69) is 10.6 Å². The molecule has 7 heteroatoms. The van der Waals surface area contributed by atoms with Gasteiger partial charge in [-0.2, -0.15) is 0 Å². The fraction of sp³-hybridized carbons (Fsp3) is 0.273. The summed E-state index contributed by atoms with van der Waals surface area (Å²) in [4.78, 5) is 11.9. The minimum Gasteiger partial charge on any atom is -0.391 e. The van der Waals surface area contributed by atoms with Crippen LogP contribution in [0.25, 0.3) is 0 Å². The molecule has 1 aromatic carbocycles. The summed E-state index contributed by atoms with van der Waals surface area (Å²) in [5, 5.41) is 6.08. The molecule has 0 aliphatic carbocycles. The lowest BCUT2D eigenvalue weighted by molar-refractivity contribution is 0.247. The molecular formula is C11H13Cl2N3OS. The zero-order valence-corrected chi connectivity index (χ0v) is 12.2. The standard InChI is InChI=1S/C11H13Cl2N3OS/c1-11(2,9(14)18)16-10(17)15-8-5-6(12)3-4-7(8)13/h3-5H,1-2H3,(H2,14,18)(H2,15,16,17). The number of halogens is 2. The van der Waals surface area contributed by atoms with E-state index in [1.54, 1.807) is 32.0 Å². The van der Waals surface area contributed by atoms with Crippen LogP contribution in [0.5, 0.6) is 0 Å². The molecule has 0 heterocycles. The predicted octanol–water partition coefficient (Wildman–Crippen LogP) is 3.18. The fourth-order valence-electron chi connectivity index (χ4n) is 1.09. The van der Waals surface area contributed by atoms with Gasteiger partial charge in [0.25, 0.3) is 0 Å². The number of hydrogen-bond acceptors (Lipinski definition) is 2. The maximum absolute atomic E-state index is 11.8. The van der Waals surface area contributed by atoms with Crippen LogP contribution in [-0.2, 0) is 0 Å². The number of hydrogen-bond donors (Lipinski definition) is 3. The number of rotatable bonds is 3. The number of thiocarbonyl (C=S) groups is 1. The van der Waals surface area contributed by atoms with Crippen molar-refractivity contribution in [2.75, 3.05) is 5.32 Å². The highest BCUT2D eigenvalue weighted by Gasteiger charge is 2.23. The average molecular weight is 306 g/mol. The number of carbonyl (C=O) groups excluding carboxylic acids is 1. The quantitative estimate of drug-likeness (QED) is 0.751. The average Bonchev–Trinajstić information content (AvgIpc) is 2.22. The van der Waals surface area contributed by atoms with E-state index >= 15 is 0 Å². The number of nitrogens with two attached hydrogens (primary N) is 1. The second-order valence-electron chi connectivity index (χ2n) is 4.19. The van der Waals surface area contributed by atoms with Crippen molar-refractivity contribution in [3.05, 3.63) is 28.2 Å². The first-order chi connectivity index (χ1) is 8.22. The Morgan fingerprint density at radius 3 is 2.56 bits per heavy atom. The molecule has 0 fully saturated rings. The van der Waals surface area contributed by atoms with E-state index < -0.39 is 11.6 Å². The van der Waals surface area contributed by atoms with Crippen LogP contribution in [0.2, 0.25) is 10.0 Å². The first-order valence-electron chi connectivity index (χ1n) is 5.06. The van der Waals surface area contributed by atoms with Crippen LogP contribution in [0.15, 0.2) is 18.2 Å². The third-order valence-corrected chi connectivity index (χ3v) is 3.29. The van der Waals surface area contributed by atoms with Gasteiger partial charge in [0.05, 0.1) is 21.2 Å². The third kappa shape index (κ3) is 4.01. The molecule has 0 unspecified atom stereocenters. The Morgan fingerprint density at radius 2 is 2.00 bits per heavy atom. The van der Waals surface area contributed by atoms with Gasteiger partial charge in [0.1, 0.15) is 0 Å². The molecule has 0 radical (unpaired) electrons. The van der Waals surface area contributed by atoms with Crippen molar-refractivity contribution in [2.45, 2.75) is 19.4 Å². The summed E-state index contributed by atoms with van der Waals surface area (Å²) in [6, 6.07) is 4.32. The minimum atomic E-state index is -0.787. The molecule has 98 valence electrons. The monoisotopic (exact) mass is 305 g/mol. The van der Waals surface area contributed by atoms with Crippen molar-refractivity contribution < 1.29 is 4.79 Å². The molecule has 18 heavy (non-hydrogen) atoms. The maximum atomic E-state index is 11.8. The maximum Gasteiger partial charge on any atom is 0.320 e. The summed E-state index contributed by atoms with van der Waals surface area (Å²) in [6.07, 6.45) is 0. The first-order valence-corrected chi connectivity index (χ1v) is 6.23. The molecule has 2 amide bonds. The molecule has 1 aromatic rings. The van der Waals surface area contributed by atoms with E-state index in [1.165, 1.54) is 0 Å². The number of benzene rings is 1. The SMILES string of the molecule is CC(C)(NC(=O)Nc1cc(Cl)ccc1Cl)C(N)=S. The van der Waals surface area contributed by atoms with Gasteiger partial charge in [-0.1, -0.05) is 35.4 Å². The second kappa shape index (κ2) is 5.73. The molecule has 4 nitrogen and oxygen atoms in total. The largest absolute Gasteiger partial charge is 0.391 e. The molecule has 0 aliphatic rings. The highest BCUT2D eigenvalue weighted by atomic mass is 35.5. The van der Waals surface area contributed by atoms with Crippen molar-refractivity contribution in [2.24, 2.45) is 5.73 Å². The Labute approximate surface area is 121 Å². The lowest BCUT2D eigenvalue weighted by Gasteiger charge is -2.25. The summed E-state index contributed by atoms with van der Waals surface area (Å²) >= 11 is 16.6. The van der Waals surface area contributed by atoms with E-state index in [0.717, 1.165) is 0 Å². The summed E-state index contributed by atoms with van der Waals surface area (Å²) in [6.45, 7) is 3.41. The Morgan fingerprint density at radius 1 is 1.39 bits per heavy atom. The Bertz CT molecular complexity index is 491. The molecular weight excluding hydrogens is 293 g/mol. The zero-order valence-electron chi connectivity index (χ0n) is 9.88. The van der Waals surface area contributed by atoms with Crippen molar-refractivity contribution in [3.8, 4) is 0 Å². The molecule has 0 bridgehead atoms. The topological polar surface area (TPSA) is 67.2 Å². The van der Waals surface area contributed by atoms with Gasteiger partial charge < -0.3 is 16.4 Å². The van der Waals surface area contributed by atoms with Gasteiger partial charge in [0.2, 0.25) is 0 Å². The van der Waals surface area contributed by atoms with E-state index in [0.29, 0.717) is 15.7 Å². The van der Waals surface area contributed by atoms with Crippen LogP contribution in [-0.4, -0.2) is 16.6 Å². The lowest BCUT2D eigenvalue weighted by Crippen LogP contribution is -2.53. The summed E-state index contributed by atoms with van der Waals surface area (Å²) in [5.74, 6) is 0. The minimum absolute atomic E-state index is 0.190. The van der Waals surface area contributed by atoms with Crippen LogP contribution < -0.4 is 16.4 Å². The molecule has 0 aliphatic heterocycles. The van der Waals surface area contributed by atoms with Gasteiger partial charge in [-0.05, 0) is 32.0 Å². The van der Waals surface area contributed by atoms with Gasteiger partial charge in [0, 0.05) is 5.02 Å². The Hall–Kier alpha value is -1.04. The highest BCUT2D eigenvalue weighted by Crippen LogP contribution is 2.25. The molecule has 0 atom stereocenters. The summed E-state index contributed by atoms with van der Waals surface area (Å²) < 4.78 is 0. The second-order valence-corrected chi connectivity index (χ2v) is 5.48. The summed E-state index contributed by atoms with van der Waals surface area (Å²) in [7, 11) is 0. The third-order valence-electron chi connectivity index (χ3n) is 2.22. The van der Waals surface area contributed by atoms with Crippen LogP contribution in [0.3, 0.4) is 0 Å². The van der Waals surface area contributed by atoms with Crippen molar-refractivity contribution in [1.82, 2.24) is 5.32 Å². The van der Waals surface area contributed by atoms with Gasteiger partial charge in [-0.15, -0.1) is 0 Å². The number of urea groups is 1. The van der Waals surface area contributed by atoms with E-state index in [9.17, 15) is 4.79 Å². The van der Waals surface area contributed by atoms with Gasteiger partial charge in [0.15, 0.2) is 0 Å². The molecule has 0 saturated carbocycles. The lowest BCUT2D eigenvalue weighted by atomic mass is 10.1. The number of anilines is 1. The van der Waals surface area contributed by atoms with Crippen LogP contribution >= 0.6 is 35.4 Å². The van der Waals surface area contributed by atoms with Gasteiger partial charge >= 0.3 is 6.03 Å². The molecule has 0 aromatic heterocycles. The van der Waals surface area contributed by atoms with Crippen molar-refractivity contribution in [1.29, 1.82) is 0 Å². The normalized spacial score (nSPS) is 10.9. The van der Waals surface area contributed by atoms with Crippen LogP contribution in [0, 0.1) is 0 Å². The number of amides is 2. The first kappa shape index (κ1) is 15.0. The van der Waals surface area contributed by atoms with E-state index in [-0.39, 0.29) is 4.99 Å². The van der Waals surface area contributed by atoms with Gasteiger partial charge in [-0.25, -0.2) is 4.79 Å². The smallest absolute Gasteiger partial charge is 0.320 e. The van der Waals surface area contributed by atoms with E-state index in [4.69, 9.17) is 41.2 Å². The molecule has 0 saturated heterocycles. The van der Waals surface area contributed by atoms with E-state index in [1.807, 2.05) is 0 Å².